The lowest BCUT2D eigenvalue weighted by Crippen LogP contribution is -2.01. The van der Waals surface area contributed by atoms with Crippen LogP contribution in [0.5, 0.6) is 0 Å². The molecule has 2 N–H and O–H groups in total. The van der Waals surface area contributed by atoms with Crippen molar-refractivity contribution in [2.45, 2.75) is 13.8 Å². The predicted octanol–water partition coefficient (Wildman–Crippen LogP) is 3.86. The topological polar surface area (TPSA) is 62.2 Å². The third-order valence-electron chi connectivity index (χ3n) is 2.45. The zero-order valence-electron chi connectivity index (χ0n) is 9.82. The normalized spacial score (nSPS) is 10.4. The summed E-state index contributed by atoms with van der Waals surface area (Å²) >= 11 is 7.20. The molecule has 0 atom stereocenters. The number of carboxylic acids is 1. The molecule has 18 heavy (non-hydrogen) atoms. The van der Waals surface area contributed by atoms with Crippen molar-refractivity contribution in [1.82, 2.24) is 4.37 Å². The second-order valence-electron chi connectivity index (χ2n) is 3.89. The van der Waals surface area contributed by atoms with Crippen LogP contribution in [0.1, 0.15) is 21.6 Å². The molecule has 0 aliphatic heterocycles. The number of aromatic carboxylic acids is 1. The molecule has 1 aromatic carbocycles. The molecule has 0 aliphatic rings. The molecular weight excluding hydrogens is 272 g/mol. The molecule has 0 bridgehead atoms. The van der Waals surface area contributed by atoms with Crippen molar-refractivity contribution in [3.05, 3.63) is 40.0 Å². The van der Waals surface area contributed by atoms with Gasteiger partial charge in [-0.15, -0.1) is 0 Å². The first-order chi connectivity index (χ1) is 8.49. The van der Waals surface area contributed by atoms with E-state index >= 15 is 0 Å². The Morgan fingerprint density at radius 3 is 2.78 bits per heavy atom. The van der Waals surface area contributed by atoms with Gasteiger partial charge in [0.15, 0.2) is 0 Å². The highest BCUT2D eigenvalue weighted by atomic mass is 35.5. The minimum atomic E-state index is -0.994. The van der Waals surface area contributed by atoms with Gasteiger partial charge in [-0.05, 0) is 43.1 Å². The molecule has 1 aromatic heterocycles. The first kappa shape index (κ1) is 12.9. The zero-order valence-corrected chi connectivity index (χ0v) is 11.4. The van der Waals surface area contributed by atoms with E-state index in [1.165, 1.54) is 0 Å². The van der Waals surface area contributed by atoms with Gasteiger partial charge in [0, 0.05) is 0 Å². The SMILES string of the molecule is Cc1ccc(Nc2snc(C)c2C(=O)O)c(Cl)c1. The van der Waals surface area contributed by atoms with Crippen LogP contribution in [0, 0.1) is 13.8 Å². The predicted molar refractivity (Wildman–Crippen MR) is 73.3 cm³/mol. The number of carboxylic acid groups (broad SMARTS) is 1. The van der Waals surface area contributed by atoms with Crippen molar-refractivity contribution in [3.63, 3.8) is 0 Å². The van der Waals surface area contributed by atoms with E-state index in [2.05, 4.69) is 9.69 Å². The number of halogens is 1. The number of hydrogen-bond acceptors (Lipinski definition) is 4. The fourth-order valence-electron chi connectivity index (χ4n) is 1.55. The Balaban J connectivity index is 2.37. The Bertz CT molecular complexity index is 610. The summed E-state index contributed by atoms with van der Waals surface area (Å²) in [7, 11) is 0. The molecule has 94 valence electrons. The molecule has 4 nitrogen and oxygen atoms in total. The van der Waals surface area contributed by atoms with E-state index in [4.69, 9.17) is 16.7 Å². The molecule has 0 unspecified atom stereocenters. The third-order valence-corrected chi connectivity index (χ3v) is 3.62. The van der Waals surface area contributed by atoms with Crippen LogP contribution in [0.3, 0.4) is 0 Å². The largest absolute Gasteiger partial charge is 0.478 e. The fourth-order valence-corrected chi connectivity index (χ4v) is 2.63. The number of rotatable bonds is 3. The Kier molecular flexibility index (Phi) is 3.54. The Morgan fingerprint density at radius 2 is 2.17 bits per heavy atom. The maximum absolute atomic E-state index is 11.1. The van der Waals surface area contributed by atoms with Crippen LogP contribution < -0.4 is 5.32 Å². The summed E-state index contributed by atoms with van der Waals surface area (Å²) in [6.07, 6.45) is 0. The minimum absolute atomic E-state index is 0.191. The number of nitrogens with zero attached hydrogens (tertiary/aromatic N) is 1. The molecule has 2 aromatic rings. The van der Waals surface area contributed by atoms with E-state index in [1.807, 2.05) is 25.1 Å². The smallest absolute Gasteiger partial charge is 0.340 e. The van der Waals surface area contributed by atoms with Crippen LogP contribution in [-0.2, 0) is 0 Å². The maximum Gasteiger partial charge on any atom is 0.340 e. The highest BCUT2D eigenvalue weighted by molar-refractivity contribution is 7.10. The Hall–Kier alpha value is -1.59. The Morgan fingerprint density at radius 1 is 1.44 bits per heavy atom. The van der Waals surface area contributed by atoms with E-state index in [0.29, 0.717) is 21.4 Å². The standard InChI is InChI=1S/C12H11ClN2O2S/c1-6-3-4-9(8(13)5-6)14-11-10(12(16)17)7(2)15-18-11/h3-5,14H,1-2H3,(H,16,17). The van der Waals surface area contributed by atoms with E-state index in [-0.39, 0.29) is 5.56 Å². The van der Waals surface area contributed by atoms with Gasteiger partial charge in [0.05, 0.1) is 16.4 Å². The molecule has 0 amide bonds. The van der Waals surface area contributed by atoms with Crippen LogP contribution in [-0.4, -0.2) is 15.4 Å². The number of aryl methyl sites for hydroxylation is 2. The molecule has 0 saturated heterocycles. The molecule has 0 aliphatic carbocycles. The van der Waals surface area contributed by atoms with Gasteiger partial charge in [-0.3, -0.25) is 0 Å². The molecule has 0 fully saturated rings. The van der Waals surface area contributed by atoms with Crippen molar-refractivity contribution in [2.75, 3.05) is 5.32 Å². The van der Waals surface area contributed by atoms with Gasteiger partial charge < -0.3 is 10.4 Å². The first-order valence-electron chi connectivity index (χ1n) is 5.22. The van der Waals surface area contributed by atoms with E-state index < -0.39 is 5.97 Å². The number of benzene rings is 1. The van der Waals surface area contributed by atoms with Crippen LogP contribution in [0.25, 0.3) is 0 Å². The van der Waals surface area contributed by atoms with Gasteiger partial charge in [-0.1, -0.05) is 17.7 Å². The number of anilines is 2. The Labute approximate surface area is 113 Å². The highest BCUT2D eigenvalue weighted by Gasteiger charge is 2.18. The summed E-state index contributed by atoms with van der Waals surface area (Å²) in [6, 6.07) is 5.54. The second kappa shape index (κ2) is 4.96. The summed E-state index contributed by atoms with van der Waals surface area (Å²) in [4.78, 5) is 11.1. The third kappa shape index (κ3) is 2.47. The van der Waals surface area contributed by atoms with Crippen LogP contribution >= 0.6 is 23.1 Å². The van der Waals surface area contributed by atoms with Crippen LogP contribution in [0.15, 0.2) is 18.2 Å². The van der Waals surface area contributed by atoms with Crippen molar-refractivity contribution in [1.29, 1.82) is 0 Å². The van der Waals surface area contributed by atoms with Crippen molar-refractivity contribution in [2.24, 2.45) is 0 Å². The number of aromatic nitrogens is 1. The van der Waals surface area contributed by atoms with E-state index in [9.17, 15) is 4.79 Å². The molecule has 6 heteroatoms. The first-order valence-corrected chi connectivity index (χ1v) is 6.37. The minimum Gasteiger partial charge on any atom is -0.478 e. The summed E-state index contributed by atoms with van der Waals surface area (Å²) in [5, 5.41) is 13.2. The summed E-state index contributed by atoms with van der Waals surface area (Å²) in [6.45, 7) is 3.61. The molecule has 2 rings (SSSR count). The summed E-state index contributed by atoms with van der Waals surface area (Å²) in [5.41, 5.74) is 2.41. The van der Waals surface area contributed by atoms with Crippen LogP contribution in [0.4, 0.5) is 10.7 Å². The molecule has 0 saturated carbocycles. The quantitative estimate of drug-likeness (QED) is 0.897. The monoisotopic (exact) mass is 282 g/mol. The van der Waals surface area contributed by atoms with Gasteiger partial charge in [-0.2, -0.15) is 4.37 Å². The zero-order chi connectivity index (χ0) is 13.3. The van der Waals surface area contributed by atoms with Crippen molar-refractivity contribution >= 4 is 39.8 Å². The second-order valence-corrected chi connectivity index (χ2v) is 5.07. The fraction of sp³-hybridized carbons (Fsp3) is 0.167. The lowest BCUT2D eigenvalue weighted by molar-refractivity contribution is 0.0697. The van der Waals surface area contributed by atoms with Crippen molar-refractivity contribution < 1.29 is 9.90 Å². The summed E-state index contributed by atoms with van der Waals surface area (Å²) < 4.78 is 4.04. The van der Waals surface area contributed by atoms with E-state index in [1.54, 1.807) is 6.92 Å². The van der Waals surface area contributed by atoms with Gasteiger partial charge in [-0.25, -0.2) is 4.79 Å². The van der Waals surface area contributed by atoms with Gasteiger partial charge in [0.25, 0.3) is 0 Å². The molecule has 1 heterocycles. The van der Waals surface area contributed by atoms with E-state index in [0.717, 1.165) is 17.1 Å². The van der Waals surface area contributed by atoms with Gasteiger partial charge in [0.2, 0.25) is 0 Å². The molecule has 0 radical (unpaired) electrons. The maximum atomic E-state index is 11.1. The average molecular weight is 283 g/mol. The van der Waals surface area contributed by atoms with Gasteiger partial charge >= 0.3 is 5.97 Å². The molecule has 0 spiro atoms. The van der Waals surface area contributed by atoms with Crippen molar-refractivity contribution in [3.8, 4) is 0 Å². The number of hydrogen-bond donors (Lipinski definition) is 2. The molecular formula is C12H11ClN2O2S. The van der Waals surface area contributed by atoms with Crippen LogP contribution in [0.2, 0.25) is 5.02 Å². The lowest BCUT2D eigenvalue weighted by atomic mass is 10.2. The number of carbonyl (C=O) groups is 1. The number of nitrogens with one attached hydrogen (secondary N) is 1. The highest BCUT2D eigenvalue weighted by Crippen LogP contribution is 2.31. The summed E-state index contributed by atoms with van der Waals surface area (Å²) in [5.74, 6) is -0.994. The average Bonchev–Trinajstić information content (AvgIpc) is 2.64. The lowest BCUT2D eigenvalue weighted by Gasteiger charge is -2.07. The van der Waals surface area contributed by atoms with Gasteiger partial charge in [0.1, 0.15) is 10.6 Å².